The number of benzene rings is 1. The minimum Gasteiger partial charge on any atom is -0.493 e. The number of amides is 1. The van der Waals surface area contributed by atoms with Gasteiger partial charge in [-0.15, -0.1) is 10.2 Å². The molecule has 0 N–H and O–H groups in total. The van der Waals surface area contributed by atoms with Crippen LogP contribution in [0.4, 0.5) is 0 Å². The third-order valence-electron chi connectivity index (χ3n) is 5.06. The molecule has 158 valence electrons. The lowest BCUT2D eigenvalue weighted by Gasteiger charge is -2.35. The van der Waals surface area contributed by atoms with Crippen molar-refractivity contribution < 1.29 is 23.4 Å². The highest BCUT2D eigenvalue weighted by Crippen LogP contribution is 2.41. The molecule has 1 aliphatic rings. The standard InChI is InChI=1S/C20H27N3O5S/c1-5-14-8-6-7-9-23(14)17(24)12-29-20-22-21-19(28-20)13-10-15(25-2)18(27-4)16(11-13)26-3/h10-11,14H,5-9,12H2,1-4H3/t14-/m1/s1. The van der Waals surface area contributed by atoms with Gasteiger partial charge < -0.3 is 23.5 Å². The van der Waals surface area contributed by atoms with E-state index in [0.29, 0.717) is 40.0 Å². The number of methoxy groups -OCH3 is 3. The molecule has 0 unspecified atom stereocenters. The van der Waals surface area contributed by atoms with E-state index in [-0.39, 0.29) is 11.7 Å². The summed E-state index contributed by atoms with van der Waals surface area (Å²) in [5.74, 6) is 2.22. The summed E-state index contributed by atoms with van der Waals surface area (Å²) in [4.78, 5) is 14.6. The molecule has 3 rings (SSSR count). The van der Waals surface area contributed by atoms with Gasteiger partial charge >= 0.3 is 0 Å². The van der Waals surface area contributed by atoms with Crippen molar-refractivity contribution in [1.82, 2.24) is 15.1 Å². The second-order valence-electron chi connectivity index (χ2n) is 6.72. The summed E-state index contributed by atoms with van der Waals surface area (Å²) >= 11 is 1.26. The average molecular weight is 422 g/mol. The van der Waals surface area contributed by atoms with Gasteiger partial charge in [-0.1, -0.05) is 18.7 Å². The van der Waals surface area contributed by atoms with Gasteiger partial charge in [-0.2, -0.15) is 0 Å². The smallest absolute Gasteiger partial charge is 0.277 e. The van der Waals surface area contributed by atoms with Gasteiger partial charge in [0.25, 0.3) is 5.22 Å². The van der Waals surface area contributed by atoms with Crippen LogP contribution in [0.2, 0.25) is 0 Å². The Hall–Kier alpha value is -2.42. The first-order valence-corrected chi connectivity index (χ1v) is 10.7. The molecule has 0 saturated carbocycles. The lowest BCUT2D eigenvalue weighted by molar-refractivity contribution is -0.132. The molecule has 8 nitrogen and oxygen atoms in total. The third-order valence-corrected chi connectivity index (χ3v) is 5.86. The number of thioether (sulfide) groups is 1. The predicted octanol–water partition coefficient (Wildman–Crippen LogP) is 3.65. The first-order valence-electron chi connectivity index (χ1n) is 9.67. The molecule has 1 atom stereocenters. The highest BCUT2D eigenvalue weighted by atomic mass is 32.2. The highest BCUT2D eigenvalue weighted by Gasteiger charge is 2.26. The van der Waals surface area contributed by atoms with Gasteiger partial charge in [0.2, 0.25) is 17.5 Å². The topological polar surface area (TPSA) is 86.9 Å². The average Bonchev–Trinajstić information content (AvgIpc) is 3.25. The Labute approximate surface area is 174 Å². The van der Waals surface area contributed by atoms with Crippen molar-refractivity contribution in [2.24, 2.45) is 0 Å². The SMILES string of the molecule is CC[C@@H]1CCCCN1C(=O)CSc1nnc(-c2cc(OC)c(OC)c(OC)c2)o1. The quantitative estimate of drug-likeness (QED) is 0.597. The Morgan fingerprint density at radius 3 is 2.52 bits per heavy atom. The molecule has 1 saturated heterocycles. The molecule has 1 fully saturated rings. The fourth-order valence-electron chi connectivity index (χ4n) is 3.55. The predicted molar refractivity (Wildman–Crippen MR) is 110 cm³/mol. The molecule has 0 aliphatic carbocycles. The van der Waals surface area contributed by atoms with Crippen LogP contribution in [0.3, 0.4) is 0 Å². The Morgan fingerprint density at radius 1 is 1.17 bits per heavy atom. The lowest BCUT2D eigenvalue weighted by atomic mass is 10.0. The number of piperidine rings is 1. The first-order chi connectivity index (χ1) is 14.1. The fourth-order valence-corrected chi connectivity index (χ4v) is 4.20. The highest BCUT2D eigenvalue weighted by molar-refractivity contribution is 7.99. The molecule has 1 aromatic carbocycles. The van der Waals surface area contributed by atoms with Gasteiger partial charge in [0.1, 0.15) is 0 Å². The Bertz CT molecular complexity index is 816. The summed E-state index contributed by atoms with van der Waals surface area (Å²) in [7, 11) is 4.64. The van der Waals surface area contributed by atoms with E-state index >= 15 is 0 Å². The molecule has 0 radical (unpaired) electrons. The van der Waals surface area contributed by atoms with E-state index in [1.807, 2.05) is 4.90 Å². The summed E-state index contributed by atoms with van der Waals surface area (Å²) < 4.78 is 21.8. The van der Waals surface area contributed by atoms with Gasteiger partial charge in [-0.3, -0.25) is 4.79 Å². The summed E-state index contributed by atoms with van der Waals surface area (Å²) in [5, 5.41) is 8.52. The van der Waals surface area contributed by atoms with Gasteiger partial charge in [0, 0.05) is 18.2 Å². The zero-order valence-electron chi connectivity index (χ0n) is 17.3. The molecule has 9 heteroatoms. The lowest BCUT2D eigenvalue weighted by Crippen LogP contribution is -2.44. The summed E-state index contributed by atoms with van der Waals surface area (Å²) in [5.41, 5.74) is 0.646. The van der Waals surface area contributed by atoms with Crippen LogP contribution in [-0.2, 0) is 4.79 Å². The molecule has 2 aromatic rings. The van der Waals surface area contributed by atoms with Crippen molar-refractivity contribution in [2.45, 2.75) is 43.9 Å². The van der Waals surface area contributed by atoms with Crippen LogP contribution in [0.1, 0.15) is 32.6 Å². The van der Waals surface area contributed by atoms with Crippen molar-refractivity contribution in [3.8, 4) is 28.7 Å². The largest absolute Gasteiger partial charge is 0.493 e. The maximum absolute atomic E-state index is 12.6. The molecule has 1 amide bonds. The van der Waals surface area contributed by atoms with Crippen molar-refractivity contribution in [1.29, 1.82) is 0 Å². The molecule has 0 bridgehead atoms. The number of aromatic nitrogens is 2. The number of hydrogen-bond acceptors (Lipinski definition) is 8. The molecule has 1 aliphatic heterocycles. The van der Waals surface area contributed by atoms with Crippen LogP contribution in [-0.4, -0.2) is 60.7 Å². The van der Waals surface area contributed by atoms with E-state index < -0.39 is 0 Å². The number of rotatable bonds is 8. The van der Waals surface area contributed by atoms with E-state index in [2.05, 4.69) is 17.1 Å². The van der Waals surface area contributed by atoms with Gasteiger partial charge in [-0.25, -0.2) is 0 Å². The number of carbonyl (C=O) groups is 1. The van der Waals surface area contributed by atoms with Crippen LogP contribution in [0.5, 0.6) is 17.2 Å². The van der Waals surface area contributed by atoms with E-state index in [1.165, 1.54) is 18.2 Å². The van der Waals surface area contributed by atoms with E-state index in [0.717, 1.165) is 25.8 Å². The van der Waals surface area contributed by atoms with Crippen LogP contribution >= 0.6 is 11.8 Å². The molecular weight excluding hydrogens is 394 g/mol. The monoisotopic (exact) mass is 421 g/mol. The molecule has 0 spiro atoms. The molecule has 2 heterocycles. The zero-order valence-corrected chi connectivity index (χ0v) is 18.1. The van der Waals surface area contributed by atoms with Crippen LogP contribution < -0.4 is 14.2 Å². The minimum absolute atomic E-state index is 0.120. The van der Waals surface area contributed by atoms with Crippen molar-refractivity contribution in [2.75, 3.05) is 33.6 Å². The minimum atomic E-state index is 0.120. The van der Waals surface area contributed by atoms with E-state index in [4.69, 9.17) is 18.6 Å². The van der Waals surface area contributed by atoms with Crippen molar-refractivity contribution in [3.05, 3.63) is 12.1 Å². The van der Waals surface area contributed by atoms with Crippen molar-refractivity contribution >= 4 is 17.7 Å². The molecule has 29 heavy (non-hydrogen) atoms. The third kappa shape index (κ3) is 4.77. The Kier molecular flexibility index (Phi) is 7.24. The van der Waals surface area contributed by atoms with Crippen LogP contribution in [0, 0.1) is 0 Å². The Morgan fingerprint density at radius 2 is 1.90 bits per heavy atom. The normalized spacial score (nSPS) is 16.6. The number of likely N-dealkylation sites (tertiary alicyclic amines) is 1. The van der Waals surface area contributed by atoms with Gasteiger partial charge in [-0.05, 0) is 37.8 Å². The van der Waals surface area contributed by atoms with E-state index in [1.54, 1.807) is 33.5 Å². The second kappa shape index (κ2) is 9.87. The summed E-state index contributed by atoms with van der Waals surface area (Å²) in [6.45, 7) is 2.96. The maximum atomic E-state index is 12.6. The van der Waals surface area contributed by atoms with E-state index in [9.17, 15) is 4.79 Å². The second-order valence-corrected chi connectivity index (χ2v) is 7.65. The van der Waals surface area contributed by atoms with Crippen molar-refractivity contribution in [3.63, 3.8) is 0 Å². The first kappa shape index (κ1) is 21.3. The molecular formula is C20H27N3O5S. The van der Waals surface area contributed by atoms with Gasteiger partial charge in [0.05, 0.1) is 27.1 Å². The molecule has 1 aromatic heterocycles. The number of ether oxygens (including phenoxy) is 3. The fraction of sp³-hybridized carbons (Fsp3) is 0.550. The zero-order chi connectivity index (χ0) is 20.8. The van der Waals surface area contributed by atoms with Crippen LogP contribution in [0.25, 0.3) is 11.5 Å². The summed E-state index contributed by atoms with van der Waals surface area (Å²) in [6.07, 6.45) is 4.33. The van der Waals surface area contributed by atoms with Crippen LogP contribution in [0.15, 0.2) is 21.8 Å². The van der Waals surface area contributed by atoms with Gasteiger partial charge in [0.15, 0.2) is 11.5 Å². The number of nitrogens with zero attached hydrogens (tertiary/aromatic N) is 3. The number of carbonyl (C=O) groups excluding carboxylic acids is 1. The Balaban J connectivity index is 1.70. The summed E-state index contributed by atoms with van der Waals surface area (Å²) in [6, 6.07) is 3.83. The number of hydrogen-bond donors (Lipinski definition) is 0. The maximum Gasteiger partial charge on any atom is 0.277 e.